The zero-order valence-electron chi connectivity index (χ0n) is 9.26. The molecule has 0 saturated carbocycles. The molecule has 0 radical (unpaired) electrons. The Bertz CT molecular complexity index is 118. The van der Waals surface area contributed by atoms with Crippen LogP contribution in [0.2, 0.25) is 0 Å². The van der Waals surface area contributed by atoms with Gasteiger partial charge >= 0.3 is 0 Å². The number of ether oxygens (including phenoxy) is 1. The van der Waals surface area contributed by atoms with Gasteiger partial charge in [0, 0.05) is 20.3 Å². The molecule has 3 heteroatoms. The van der Waals surface area contributed by atoms with Crippen molar-refractivity contribution in [1.29, 1.82) is 0 Å². The standard InChI is InChI=1S/C11H23NO2/c1-14-10-8-6-4-2-3-5-7-9-12-11-13/h11H,2-10H2,1H3,(H,12,13). The third kappa shape index (κ3) is 11.4. The molecule has 1 amide bonds. The van der Waals surface area contributed by atoms with Gasteiger partial charge in [-0.3, -0.25) is 4.79 Å². The Labute approximate surface area is 87.2 Å². The van der Waals surface area contributed by atoms with Crippen molar-refractivity contribution in [3.05, 3.63) is 0 Å². The molecule has 84 valence electrons. The maximum atomic E-state index is 9.92. The van der Waals surface area contributed by atoms with Gasteiger partial charge in [-0.2, -0.15) is 0 Å². The second-order valence-electron chi connectivity index (χ2n) is 3.54. The lowest BCUT2D eigenvalue weighted by molar-refractivity contribution is -0.109. The van der Waals surface area contributed by atoms with Gasteiger partial charge in [-0.1, -0.05) is 32.1 Å². The van der Waals surface area contributed by atoms with Gasteiger partial charge < -0.3 is 10.1 Å². The van der Waals surface area contributed by atoms with Crippen molar-refractivity contribution in [2.45, 2.75) is 44.9 Å². The van der Waals surface area contributed by atoms with Crippen LogP contribution in [0.1, 0.15) is 44.9 Å². The van der Waals surface area contributed by atoms with E-state index in [0.717, 1.165) is 26.0 Å². The van der Waals surface area contributed by atoms with Crippen molar-refractivity contribution in [3.8, 4) is 0 Å². The topological polar surface area (TPSA) is 38.3 Å². The van der Waals surface area contributed by atoms with Gasteiger partial charge in [0.15, 0.2) is 0 Å². The summed E-state index contributed by atoms with van der Waals surface area (Å²) in [6.07, 6.45) is 9.47. The second-order valence-corrected chi connectivity index (χ2v) is 3.54. The Morgan fingerprint density at radius 3 is 2.14 bits per heavy atom. The largest absolute Gasteiger partial charge is 0.385 e. The molecular formula is C11H23NO2. The minimum atomic E-state index is 0.769. The summed E-state index contributed by atoms with van der Waals surface area (Å²) in [6.45, 7) is 1.72. The Morgan fingerprint density at radius 1 is 1.00 bits per heavy atom. The lowest BCUT2D eigenvalue weighted by Gasteiger charge is -2.01. The number of hydrogen-bond acceptors (Lipinski definition) is 2. The Kier molecular flexibility index (Phi) is 11.9. The average molecular weight is 201 g/mol. The molecule has 0 fully saturated rings. The zero-order valence-corrected chi connectivity index (χ0v) is 9.26. The van der Waals surface area contributed by atoms with Gasteiger partial charge in [0.2, 0.25) is 6.41 Å². The van der Waals surface area contributed by atoms with E-state index < -0.39 is 0 Å². The van der Waals surface area contributed by atoms with Gasteiger partial charge in [0.05, 0.1) is 0 Å². The van der Waals surface area contributed by atoms with Crippen LogP contribution in [0.25, 0.3) is 0 Å². The van der Waals surface area contributed by atoms with Crippen LogP contribution in [-0.2, 0) is 9.53 Å². The van der Waals surface area contributed by atoms with E-state index in [-0.39, 0.29) is 0 Å². The van der Waals surface area contributed by atoms with E-state index in [9.17, 15) is 4.79 Å². The summed E-state index contributed by atoms with van der Waals surface area (Å²) in [5.41, 5.74) is 0. The molecule has 0 aromatic rings. The maximum absolute atomic E-state index is 9.92. The first-order chi connectivity index (χ1) is 6.91. The maximum Gasteiger partial charge on any atom is 0.207 e. The number of carbonyl (C=O) groups is 1. The number of amides is 1. The SMILES string of the molecule is COCCCCCCCCCNC=O. The number of carbonyl (C=O) groups excluding carboxylic acids is 1. The first-order valence-corrected chi connectivity index (χ1v) is 5.57. The Hall–Kier alpha value is -0.570. The summed E-state index contributed by atoms with van der Waals surface area (Å²) in [5.74, 6) is 0. The normalized spacial score (nSPS) is 10.1. The van der Waals surface area contributed by atoms with Crippen molar-refractivity contribution < 1.29 is 9.53 Å². The monoisotopic (exact) mass is 201 g/mol. The highest BCUT2D eigenvalue weighted by atomic mass is 16.5. The molecule has 0 spiro atoms. The fraction of sp³-hybridized carbons (Fsp3) is 0.909. The van der Waals surface area contributed by atoms with Gasteiger partial charge in [0.25, 0.3) is 0 Å². The first kappa shape index (κ1) is 13.4. The minimum Gasteiger partial charge on any atom is -0.385 e. The van der Waals surface area contributed by atoms with Gasteiger partial charge in [0.1, 0.15) is 0 Å². The molecule has 0 aromatic heterocycles. The van der Waals surface area contributed by atoms with E-state index in [1.54, 1.807) is 7.11 Å². The number of rotatable bonds is 11. The van der Waals surface area contributed by atoms with Gasteiger partial charge in [-0.05, 0) is 12.8 Å². The quantitative estimate of drug-likeness (QED) is 0.411. The molecule has 0 bridgehead atoms. The zero-order chi connectivity index (χ0) is 10.5. The fourth-order valence-corrected chi connectivity index (χ4v) is 1.42. The molecule has 0 atom stereocenters. The van der Waals surface area contributed by atoms with E-state index in [1.807, 2.05) is 0 Å². The summed E-state index contributed by atoms with van der Waals surface area (Å²) in [6, 6.07) is 0. The van der Waals surface area contributed by atoms with E-state index in [0.29, 0.717) is 0 Å². The highest BCUT2D eigenvalue weighted by molar-refractivity contribution is 5.45. The van der Waals surface area contributed by atoms with Crippen molar-refractivity contribution in [3.63, 3.8) is 0 Å². The van der Waals surface area contributed by atoms with Crippen LogP contribution >= 0.6 is 0 Å². The van der Waals surface area contributed by atoms with Gasteiger partial charge in [-0.15, -0.1) is 0 Å². The number of nitrogens with one attached hydrogen (secondary N) is 1. The summed E-state index contributed by atoms with van der Waals surface area (Å²) in [5, 5.41) is 2.67. The molecule has 0 saturated heterocycles. The molecule has 0 aromatic carbocycles. The van der Waals surface area contributed by atoms with Crippen LogP contribution < -0.4 is 5.32 Å². The van der Waals surface area contributed by atoms with Crippen LogP contribution in [0.3, 0.4) is 0 Å². The summed E-state index contributed by atoms with van der Waals surface area (Å²) < 4.78 is 4.97. The summed E-state index contributed by atoms with van der Waals surface area (Å²) in [7, 11) is 1.75. The van der Waals surface area contributed by atoms with E-state index in [4.69, 9.17) is 4.74 Å². The molecule has 1 N–H and O–H groups in total. The first-order valence-electron chi connectivity index (χ1n) is 5.57. The highest BCUT2D eigenvalue weighted by Crippen LogP contribution is 2.06. The molecule has 3 nitrogen and oxygen atoms in total. The molecule has 14 heavy (non-hydrogen) atoms. The lowest BCUT2D eigenvalue weighted by Crippen LogP contribution is -2.11. The van der Waals surface area contributed by atoms with Crippen LogP contribution in [0.4, 0.5) is 0 Å². The number of hydrogen-bond donors (Lipinski definition) is 1. The molecule has 0 aliphatic rings. The van der Waals surface area contributed by atoms with Crippen molar-refractivity contribution >= 4 is 6.41 Å². The van der Waals surface area contributed by atoms with Crippen molar-refractivity contribution in [1.82, 2.24) is 5.32 Å². The molecule has 0 aliphatic heterocycles. The Balaban J connectivity index is 2.81. The number of methoxy groups -OCH3 is 1. The van der Waals surface area contributed by atoms with Crippen molar-refractivity contribution in [2.24, 2.45) is 0 Å². The van der Waals surface area contributed by atoms with Crippen LogP contribution in [0.5, 0.6) is 0 Å². The van der Waals surface area contributed by atoms with Crippen molar-refractivity contribution in [2.75, 3.05) is 20.3 Å². The third-order valence-electron chi connectivity index (χ3n) is 2.25. The van der Waals surface area contributed by atoms with E-state index in [2.05, 4.69) is 5.32 Å². The summed E-state index contributed by atoms with van der Waals surface area (Å²) >= 11 is 0. The molecule has 0 unspecified atom stereocenters. The molecule has 0 rings (SSSR count). The second kappa shape index (κ2) is 12.4. The molecular weight excluding hydrogens is 178 g/mol. The van der Waals surface area contributed by atoms with E-state index >= 15 is 0 Å². The Morgan fingerprint density at radius 2 is 1.57 bits per heavy atom. The average Bonchev–Trinajstić information content (AvgIpc) is 2.21. The minimum absolute atomic E-state index is 0.769. The third-order valence-corrected chi connectivity index (χ3v) is 2.25. The number of unbranched alkanes of at least 4 members (excludes halogenated alkanes) is 6. The molecule has 0 aliphatic carbocycles. The molecule has 0 heterocycles. The van der Waals surface area contributed by atoms with Crippen LogP contribution in [0, 0.1) is 0 Å². The van der Waals surface area contributed by atoms with Crippen LogP contribution in [-0.4, -0.2) is 26.7 Å². The van der Waals surface area contributed by atoms with Crippen LogP contribution in [0.15, 0.2) is 0 Å². The predicted molar refractivity (Wildman–Crippen MR) is 58.3 cm³/mol. The fourth-order valence-electron chi connectivity index (χ4n) is 1.42. The van der Waals surface area contributed by atoms with E-state index in [1.165, 1.54) is 38.5 Å². The predicted octanol–water partition coefficient (Wildman–Crippen LogP) is 2.11. The highest BCUT2D eigenvalue weighted by Gasteiger charge is 1.91. The van der Waals surface area contributed by atoms with Gasteiger partial charge in [-0.25, -0.2) is 0 Å². The lowest BCUT2D eigenvalue weighted by atomic mass is 10.1. The smallest absolute Gasteiger partial charge is 0.207 e. The summed E-state index contributed by atoms with van der Waals surface area (Å²) in [4.78, 5) is 9.92.